The second-order valence-electron chi connectivity index (χ2n) is 6.04. The molecule has 19 heavy (non-hydrogen) atoms. The van der Waals surface area contributed by atoms with Gasteiger partial charge in [-0.2, -0.15) is 0 Å². The summed E-state index contributed by atoms with van der Waals surface area (Å²) in [6.45, 7) is 7.10. The number of hydrogen-bond acceptors (Lipinski definition) is 3. The minimum atomic E-state index is -0.553. The summed E-state index contributed by atoms with van der Waals surface area (Å²) < 4.78 is 5.89. The fraction of sp³-hybridized carbons (Fsp3) is 0.933. The standard InChI is InChI=1S/C15H30N2O2/c1-4-5-6-7-10-19-13-8-9-15(11-13,14(16)18)17-12(2)3/h12-13,17H,4-11H2,1-3H3,(H2,16,18). The lowest BCUT2D eigenvalue weighted by atomic mass is 9.95. The first-order valence-corrected chi connectivity index (χ1v) is 7.69. The molecule has 0 spiro atoms. The van der Waals surface area contributed by atoms with Crippen molar-refractivity contribution < 1.29 is 9.53 Å². The Kier molecular flexibility index (Phi) is 6.80. The van der Waals surface area contributed by atoms with Crippen molar-refractivity contribution in [1.82, 2.24) is 5.32 Å². The molecule has 0 bridgehead atoms. The minimum Gasteiger partial charge on any atom is -0.378 e. The van der Waals surface area contributed by atoms with Gasteiger partial charge in [-0.15, -0.1) is 0 Å². The smallest absolute Gasteiger partial charge is 0.237 e. The lowest BCUT2D eigenvalue weighted by Gasteiger charge is -2.29. The second-order valence-corrected chi connectivity index (χ2v) is 6.04. The van der Waals surface area contributed by atoms with Crippen LogP contribution in [0.15, 0.2) is 0 Å². The zero-order chi connectivity index (χ0) is 14.3. The lowest BCUT2D eigenvalue weighted by Crippen LogP contribution is -2.56. The SMILES string of the molecule is CCCCCCOC1CCC(NC(C)C)(C(N)=O)C1. The number of unbranched alkanes of at least 4 members (excludes halogenated alkanes) is 3. The summed E-state index contributed by atoms with van der Waals surface area (Å²) in [6.07, 6.45) is 7.48. The van der Waals surface area contributed by atoms with Crippen molar-refractivity contribution in [3.8, 4) is 0 Å². The number of nitrogens with two attached hydrogens (primary N) is 1. The lowest BCUT2D eigenvalue weighted by molar-refractivity contribution is -0.125. The van der Waals surface area contributed by atoms with Crippen molar-refractivity contribution in [1.29, 1.82) is 0 Å². The van der Waals surface area contributed by atoms with Crippen molar-refractivity contribution in [3.63, 3.8) is 0 Å². The molecule has 0 aromatic heterocycles. The molecular formula is C15H30N2O2. The number of ether oxygens (including phenoxy) is 1. The largest absolute Gasteiger partial charge is 0.378 e. The van der Waals surface area contributed by atoms with Crippen LogP contribution in [-0.4, -0.2) is 30.2 Å². The number of hydrogen-bond donors (Lipinski definition) is 2. The molecule has 1 rings (SSSR count). The van der Waals surface area contributed by atoms with Crippen molar-refractivity contribution in [3.05, 3.63) is 0 Å². The normalized spacial score (nSPS) is 27.1. The number of carbonyl (C=O) groups excluding carboxylic acids is 1. The molecule has 0 aromatic rings. The van der Waals surface area contributed by atoms with E-state index in [9.17, 15) is 4.79 Å². The molecule has 1 aliphatic carbocycles. The highest BCUT2D eigenvalue weighted by Crippen LogP contribution is 2.32. The molecular weight excluding hydrogens is 240 g/mol. The van der Waals surface area contributed by atoms with Crippen LogP contribution in [0.25, 0.3) is 0 Å². The zero-order valence-corrected chi connectivity index (χ0v) is 12.7. The summed E-state index contributed by atoms with van der Waals surface area (Å²) in [5.74, 6) is -0.238. The Bertz CT molecular complexity index is 281. The van der Waals surface area contributed by atoms with Gasteiger partial charge in [0.1, 0.15) is 5.54 Å². The molecule has 1 aliphatic rings. The highest BCUT2D eigenvalue weighted by molar-refractivity contribution is 5.85. The molecule has 3 N–H and O–H groups in total. The zero-order valence-electron chi connectivity index (χ0n) is 12.7. The van der Waals surface area contributed by atoms with E-state index in [1.54, 1.807) is 0 Å². The summed E-state index contributed by atoms with van der Waals surface area (Å²) in [5.41, 5.74) is 5.03. The van der Waals surface area contributed by atoms with Crippen LogP contribution in [0, 0.1) is 0 Å². The molecule has 0 aromatic carbocycles. The minimum absolute atomic E-state index is 0.181. The third-order valence-corrected chi connectivity index (χ3v) is 3.86. The number of nitrogens with one attached hydrogen (secondary N) is 1. The molecule has 1 amide bonds. The molecule has 0 radical (unpaired) electrons. The molecule has 0 heterocycles. The van der Waals surface area contributed by atoms with Crippen LogP contribution in [0.2, 0.25) is 0 Å². The molecule has 4 heteroatoms. The molecule has 2 unspecified atom stereocenters. The first-order valence-electron chi connectivity index (χ1n) is 7.69. The Morgan fingerprint density at radius 1 is 1.42 bits per heavy atom. The van der Waals surface area contributed by atoms with Crippen LogP contribution in [0.1, 0.15) is 65.7 Å². The monoisotopic (exact) mass is 270 g/mol. The third-order valence-electron chi connectivity index (χ3n) is 3.86. The fourth-order valence-electron chi connectivity index (χ4n) is 2.90. The summed E-state index contributed by atoms with van der Waals surface area (Å²) in [4.78, 5) is 11.7. The molecule has 0 aliphatic heterocycles. The Hall–Kier alpha value is -0.610. The number of primary amides is 1. The van der Waals surface area contributed by atoms with Gasteiger partial charge in [0, 0.05) is 19.1 Å². The summed E-state index contributed by atoms with van der Waals surface area (Å²) in [5, 5.41) is 3.34. The van der Waals surface area contributed by atoms with Gasteiger partial charge >= 0.3 is 0 Å². The Labute approximate surface area is 117 Å². The highest BCUT2D eigenvalue weighted by Gasteiger charge is 2.44. The van der Waals surface area contributed by atoms with Crippen LogP contribution in [0.4, 0.5) is 0 Å². The quantitative estimate of drug-likeness (QED) is 0.632. The van der Waals surface area contributed by atoms with Gasteiger partial charge in [-0.3, -0.25) is 4.79 Å². The van der Waals surface area contributed by atoms with E-state index in [0.29, 0.717) is 6.42 Å². The Morgan fingerprint density at radius 2 is 2.16 bits per heavy atom. The maximum Gasteiger partial charge on any atom is 0.237 e. The molecule has 4 nitrogen and oxygen atoms in total. The predicted molar refractivity (Wildman–Crippen MR) is 77.9 cm³/mol. The Morgan fingerprint density at radius 3 is 2.74 bits per heavy atom. The average molecular weight is 270 g/mol. The van der Waals surface area contributed by atoms with E-state index in [1.807, 2.05) is 13.8 Å². The van der Waals surface area contributed by atoms with Crippen LogP contribution in [0.3, 0.4) is 0 Å². The molecule has 112 valence electrons. The number of amides is 1. The maximum atomic E-state index is 11.7. The molecule has 1 saturated carbocycles. The van der Waals surface area contributed by atoms with Crippen molar-refractivity contribution in [2.45, 2.75) is 83.4 Å². The maximum absolute atomic E-state index is 11.7. The van der Waals surface area contributed by atoms with Crippen LogP contribution >= 0.6 is 0 Å². The predicted octanol–water partition coefficient (Wildman–Crippen LogP) is 2.36. The summed E-state index contributed by atoms with van der Waals surface area (Å²) >= 11 is 0. The van der Waals surface area contributed by atoms with E-state index in [-0.39, 0.29) is 18.1 Å². The molecule has 2 atom stereocenters. The first-order chi connectivity index (χ1) is 9.00. The molecule has 1 fully saturated rings. The van der Waals surface area contributed by atoms with Crippen molar-refractivity contribution >= 4 is 5.91 Å². The van der Waals surface area contributed by atoms with Crippen LogP contribution in [-0.2, 0) is 9.53 Å². The van der Waals surface area contributed by atoms with Gasteiger partial charge in [0.25, 0.3) is 0 Å². The van der Waals surface area contributed by atoms with Crippen LogP contribution in [0.5, 0.6) is 0 Å². The third kappa shape index (κ3) is 5.11. The van der Waals surface area contributed by atoms with Crippen LogP contribution < -0.4 is 11.1 Å². The van der Waals surface area contributed by atoms with E-state index < -0.39 is 5.54 Å². The van der Waals surface area contributed by atoms with Gasteiger partial charge in [0.05, 0.1) is 6.10 Å². The average Bonchev–Trinajstić information content (AvgIpc) is 2.73. The van der Waals surface area contributed by atoms with E-state index in [0.717, 1.165) is 25.9 Å². The van der Waals surface area contributed by atoms with E-state index in [4.69, 9.17) is 10.5 Å². The molecule has 0 saturated heterocycles. The van der Waals surface area contributed by atoms with E-state index in [2.05, 4.69) is 12.2 Å². The first kappa shape index (κ1) is 16.4. The van der Waals surface area contributed by atoms with Gasteiger partial charge in [-0.05, 0) is 33.1 Å². The van der Waals surface area contributed by atoms with Gasteiger partial charge in [0.2, 0.25) is 5.91 Å². The second kappa shape index (κ2) is 7.85. The Balaban J connectivity index is 2.35. The van der Waals surface area contributed by atoms with Gasteiger partial charge in [-0.1, -0.05) is 26.2 Å². The number of rotatable bonds is 9. The van der Waals surface area contributed by atoms with Gasteiger partial charge in [-0.25, -0.2) is 0 Å². The summed E-state index contributed by atoms with van der Waals surface area (Å²) in [6, 6.07) is 0.260. The highest BCUT2D eigenvalue weighted by atomic mass is 16.5. The van der Waals surface area contributed by atoms with Gasteiger partial charge in [0.15, 0.2) is 0 Å². The van der Waals surface area contributed by atoms with E-state index in [1.165, 1.54) is 19.3 Å². The van der Waals surface area contributed by atoms with Crippen molar-refractivity contribution in [2.75, 3.05) is 6.61 Å². The van der Waals surface area contributed by atoms with Crippen molar-refractivity contribution in [2.24, 2.45) is 5.73 Å². The van der Waals surface area contributed by atoms with Gasteiger partial charge < -0.3 is 15.8 Å². The topological polar surface area (TPSA) is 64.3 Å². The van der Waals surface area contributed by atoms with E-state index >= 15 is 0 Å². The fourth-order valence-corrected chi connectivity index (χ4v) is 2.90. The summed E-state index contributed by atoms with van der Waals surface area (Å²) in [7, 11) is 0. The number of carbonyl (C=O) groups is 1.